The maximum absolute atomic E-state index is 13.8. The summed E-state index contributed by atoms with van der Waals surface area (Å²) in [6.45, 7) is 4.01. The molecule has 0 radical (unpaired) electrons. The third kappa shape index (κ3) is 4.29. The summed E-state index contributed by atoms with van der Waals surface area (Å²) in [6.07, 6.45) is 1.08. The van der Waals surface area contributed by atoms with Crippen LogP contribution in [0.5, 0.6) is 0 Å². The summed E-state index contributed by atoms with van der Waals surface area (Å²) in [5.74, 6) is 0.411. The Kier molecular flexibility index (Phi) is 4.32. The van der Waals surface area contributed by atoms with E-state index in [0.29, 0.717) is 18.1 Å². The Bertz CT molecular complexity index is 734. The van der Waals surface area contributed by atoms with Crippen molar-refractivity contribution in [3.05, 3.63) is 46.9 Å². The minimum Gasteiger partial charge on any atom is -0.444 e. The summed E-state index contributed by atoms with van der Waals surface area (Å²) in [5.41, 5.74) is 1.52. The molecule has 0 aliphatic heterocycles. The molecule has 0 bridgehead atoms. The van der Waals surface area contributed by atoms with Crippen LogP contribution in [-0.4, -0.2) is 19.7 Å². The van der Waals surface area contributed by atoms with E-state index in [1.807, 2.05) is 13.8 Å². The molecule has 1 aromatic carbocycles. The maximum Gasteiger partial charge on any atom is 0.213 e. The Hall–Kier alpha value is -1.89. The van der Waals surface area contributed by atoms with Gasteiger partial charge in [0.25, 0.3) is 0 Å². The molecular weight excluding hydrogens is 295 g/mol. The predicted octanol–water partition coefficient (Wildman–Crippen LogP) is 2.59. The molecule has 0 amide bonds. The number of sulfone groups is 1. The van der Waals surface area contributed by atoms with Crippen molar-refractivity contribution >= 4 is 15.5 Å². The first-order valence-electron chi connectivity index (χ1n) is 6.37. The molecule has 1 heterocycles. The van der Waals surface area contributed by atoms with Gasteiger partial charge in [-0.05, 0) is 26.0 Å². The molecule has 7 heteroatoms. The van der Waals surface area contributed by atoms with Crippen LogP contribution in [0.1, 0.15) is 22.9 Å². The summed E-state index contributed by atoms with van der Waals surface area (Å²) >= 11 is 0. The van der Waals surface area contributed by atoms with Crippen molar-refractivity contribution in [1.82, 2.24) is 4.98 Å². The molecule has 0 aliphatic carbocycles. The molecule has 0 unspecified atom stereocenters. The van der Waals surface area contributed by atoms with Crippen molar-refractivity contribution in [1.29, 1.82) is 0 Å². The molecule has 114 valence electrons. The number of anilines is 1. The van der Waals surface area contributed by atoms with Crippen molar-refractivity contribution in [2.45, 2.75) is 26.1 Å². The van der Waals surface area contributed by atoms with Crippen LogP contribution in [0.15, 0.2) is 22.6 Å². The lowest BCUT2D eigenvalue weighted by Gasteiger charge is -2.07. The van der Waals surface area contributed by atoms with Crippen molar-refractivity contribution in [3.8, 4) is 0 Å². The van der Waals surface area contributed by atoms with Crippen LogP contribution in [0.25, 0.3) is 0 Å². The Morgan fingerprint density at radius 3 is 2.57 bits per heavy atom. The number of hydrogen-bond acceptors (Lipinski definition) is 5. The topological polar surface area (TPSA) is 72.2 Å². The van der Waals surface area contributed by atoms with Gasteiger partial charge in [0.05, 0.1) is 18.0 Å². The lowest BCUT2D eigenvalue weighted by Crippen LogP contribution is -2.04. The van der Waals surface area contributed by atoms with Crippen molar-refractivity contribution < 1.29 is 17.2 Å². The smallest absolute Gasteiger partial charge is 0.213 e. The van der Waals surface area contributed by atoms with E-state index in [1.54, 1.807) is 6.07 Å². The fourth-order valence-electron chi connectivity index (χ4n) is 1.85. The average Bonchev–Trinajstić information content (AvgIpc) is 2.68. The van der Waals surface area contributed by atoms with Gasteiger partial charge in [-0.25, -0.2) is 17.8 Å². The SMILES string of the molecule is Cc1nc(CNc2ccc(CS(C)(=O)=O)c(F)c2)oc1C. The molecule has 2 rings (SSSR count). The van der Waals surface area contributed by atoms with Gasteiger partial charge in [0.1, 0.15) is 11.6 Å². The fraction of sp³-hybridized carbons (Fsp3) is 0.357. The van der Waals surface area contributed by atoms with Crippen molar-refractivity contribution in [3.63, 3.8) is 0 Å². The number of aryl methyl sites for hydroxylation is 2. The third-order valence-corrected chi connectivity index (χ3v) is 3.82. The largest absolute Gasteiger partial charge is 0.444 e. The van der Waals surface area contributed by atoms with E-state index in [-0.39, 0.29) is 11.3 Å². The first-order valence-corrected chi connectivity index (χ1v) is 8.43. The molecular formula is C14H17FN2O3S. The van der Waals surface area contributed by atoms with Crippen LogP contribution in [0, 0.1) is 19.7 Å². The standard InChI is InChI=1S/C14H17FN2O3S/c1-9-10(2)20-14(17-9)7-16-12-5-4-11(13(15)6-12)8-21(3,18)19/h4-6,16H,7-8H2,1-3H3. The van der Waals surface area contributed by atoms with E-state index < -0.39 is 15.7 Å². The van der Waals surface area contributed by atoms with E-state index >= 15 is 0 Å². The van der Waals surface area contributed by atoms with Gasteiger partial charge < -0.3 is 9.73 Å². The molecule has 2 aromatic rings. The summed E-state index contributed by atoms with van der Waals surface area (Å²) in [6, 6.07) is 4.36. The van der Waals surface area contributed by atoms with E-state index in [4.69, 9.17) is 4.42 Å². The van der Waals surface area contributed by atoms with Crippen molar-refractivity contribution in [2.24, 2.45) is 0 Å². The van der Waals surface area contributed by atoms with E-state index in [2.05, 4.69) is 10.3 Å². The van der Waals surface area contributed by atoms with Gasteiger partial charge in [0.2, 0.25) is 5.89 Å². The highest BCUT2D eigenvalue weighted by Gasteiger charge is 2.11. The van der Waals surface area contributed by atoms with Gasteiger partial charge in [0.15, 0.2) is 9.84 Å². The molecule has 0 saturated carbocycles. The molecule has 5 nitrogen and oxygen atoms in total. The Morgan fingerprint density at radius 1 is 1.33 bits per heavy atom. The number of aromatic nitrogens is 1. The van der Waals surface area contributed by atoms with Crippen LogP contribution in [0.3, 0.4) is 0 Å². The minimum absolute atomic E-state index is 0.158. The number of hydrogen-bond donors (Lipinski definition) is 1. The van der Waals surface area contributed by atoms with Gasteiger partial charge in [0, 0.05) is 17.5 Å². The number of oxazole rings is 1. The van der Waals surface area contributed by atoms with Crippen LogP contribution < -0.4 is 5.32 Å². The maximum atomic E-state index is 13.8. The van der Waals surface area contributed by atoms with Gasteiger partial charge in [-0.2, -0.15) is 0 Å². The van der Waals surface area contributed by atoms with Crippen LogP contribution >= 0.6 is 0 Å². The lowest BCUT2D eigenvalue weighted by atomic mass is 10.2. The summed E-state index contributed by atoms with van der Waals surface area (Å²) < 4.78 is 41.6. The van der Waals surface area contributed by atoms with Gasteiger partial charge in [-0.3, -0.25) is 0 Å². The highest BCUT2D eigenvalue weighted by Crippen LogP contribution is 2.18. The molecule has 0 aliphatic rings. The number of nitrogens with one attached hydrogen (secondary N) is 1. The fourth-order valence-corrected chi connectivity index (χ4v) is 2.65. The lowest BCUT2D eigenvalue weighted by molar-refractivity contribution is 0.478. The number of halogens is 1. The summed E-state index contributed by atoms with van der Waals surface area (Å²) in [7, 11) is -3.26. The van der Waals surface area contributed by atoms with Gasteiger partial charge >= 0.3 is 0 Å². The van der Waals surface area contributed by atoms with E-state index in [0.717, 1.165) is 17.7 Å². The highest BCUT2D eigenvalue weighted by molar-refractivity contribution is 7.89. The zero-order valence-electron chi connectivity index (χ0n) is 12.1. The molecule has 21 heavy (non-hydrogen) atoms. The molecule has 0 saturated heterocycles. The minimum atomic E-state index is -3.26. The second kappa shape index (κ2) is 5.85. The second-order valence-electron chi connectivity index (χ2n) is 4.98. The molecule has 1 aromatic heterocycles. The van der Waals surface area contributed by atoms with E-state index in [9.17, 15) is 12.8 Å². The predicted molar refractivity (Wildman–Crippen MR) is 78.3 cm³/mol. The summed E-state index contributed by atoms with van der Waals surface area (Å²) in [5, 5.41) is 2.99. The second-order valence-corrected chi connectivity index (χ2v) is 7.12. The van der Waals surface area contributed by atoms with Crippen LogP contribution in [-0.2, 0) is 22.1 Å². The zero-order valence-corrected chi connectivity index (χ0v) is 12.9. The van der Waals surface area contributed by atoms with Crippen molar-refractivity contribution in [2.75, 3.05) is 11.6 Å². The number of benzene rings is 1. The molecule has 0 fully saturated rings. The average molecular weight is 312 g/mol. The van der Waals surface area contributed by atoms with Crippen LogP contribution in [0.2, 0.25) is 0 Å². The normalized spacial score (nSPS) is 11.6. The first kappa shape index (κ1) is 15.5. The number of nitrogens with zero attached hydrogens (tertiary/aromatic N) is 1. The zero-order chi connectivity index (χ0) is 15.6. The Balaban J connectivity index is 2.06. The Morgan fingerprint density at radius 2 is 2.05 bits per heavy atom. The monoisotopic (exact) mass is 312 g/mol. The molecule has 1 N–H and O–H groups in total. The summed E-state index contributed by atoms with van der Waals surface area (Å²) in [4.78, 5) is 4.21. The third-order valence-electron chi connectivity index (χ3n) is 2.99. The van der Waals surface area contributed by atoms with E-state index in [1.165, 1.54) is 12.1 Å². The number of rotatable bonds is 5. The quantitative estimate of drug-likeness (QED) is 0.918. The molecule has 0 atom stereocenters. The molecule has 0 spiro atoms. The van der Waals surface area contributed by atoms with Gasteiger partial charge in [-0.1, -0.05) is 6.07 Å². The van der Waals surface area contributed by atoms with Gasteiger partial charge in [-0.15, -0.1) is 0 Å². The van der Waals surface area contributed by atoms with Crippen LogP contribution in [0.4, 0.5) is 10.1 Å². The highest BCUT2D eigenvalue weighted by atomic mass is 32.2. The Labute approximate surface area is 123 Å². The first-order chi connectivity index (χ1) is 9.74.